The zero-order valence-corrected chi connectivity index (χ0v) is 22.9. The molecule has 0 fully saturated rings. The van der Waals surface area contributed by atoms with Gasteiger partial charge in [0, 0.05) is 10.6 Å². The van der Waals surface area contributed by atoms with Gasteiger partial charge in [0.05, 0.1) is 29.5 Å². The molecule has 0 saturated carbocycles. The molecule has 8 heteroatoms. The fourth-order valence-electron chi connectivity index (χ4n) is 4.86. The van der Waals surface area contributed by atoms with E-state index in [2.05, 4.69) is 0 Å². The topological polar surface area (TPSA) is 69.9 Å². The lowest BCUT2D eigenvalue weighted by Gasteiger charge is -2.28. The van der Waals surface area contributed by atoms with Crippen LogP contribution in [-0.2, 0) is 9.53 Å². The predicted octanol–water partition coefficient (Wildman–Crippen LogP) is 5.39. The van der Waals surface area contributed by atoms with Gasteiger partial charge in [0.2, 0.25) is 0 Å². The van der Waals surface area contributed by atoms with Crippen molar-refractivity contribution in [3.05, 3.63) is 108 Å². The van der Waals surface area contributed by atoms with Crippen molar-refractivity contribution < 1.29 is 14.3 Å². The van der Waals surface area contributed by atoms with Gasteiger partial charge in [-0.15, -0.1) is 0 Å². The van der Waals surface area contributed by atoms with Gasteiger partial charge in [-0.2, -0.15) is 0 Å². The summed E-state index contributed by atoms with van der Waals surface area (Å²) in [6.45, 7) is 4.01. The zero-order chi connectivity index (χ0) is 26.8. The highest BCUT2D eigenvalue weighted by atomic mass is 35.5. The van der Waals surface area contributed by atoms with Crippen LogP contribution in [0.1, 0.15) is 43.9 Å². The van der Waals surface area contributed by atoms with Crippen LogP contribution in [0, 0.1) is 0 Å². The van der Waals surface area contributed by atoms with Crippen molar-refractivity contribution in [3.63, 3.8) is 0 Å². The Hall–Kier alpha value is -3.68. The molecule has 2 heterocycles. The van der Waals surface area contributed by atoms with Crippen molar-refractivity contribution in [1.82, 2.24) is 4.57 Å². The molecule has 5 rings (SSSR count). The summed E-state index contributed by atoms with van der Waals surface area (Å²) in [6.07, 6.45) is 3.11. The Morgan fingerprint density at radius 1 is 1.11 bits per heavy atom. The van der Waals surface area contributed by atoms with Crippen LogP contribution in [0.3, 0.4) is 0 Å². The van der Waals surface area contributed by atoms with Crippen LogP contribution in [0.15, 0.2) is 81.7 Å². The monoisotopic (exact) mass is 546 g/mol. The molecule has 0 unspecified atom stereocenters. The average molecular weight is 547 g/mol. The number of rotatable bonds is 7. The highest BCUT2D eigenvalue weighted by Crippen LogP contribution is 2.41. The number of esters is 1. The summed E-state index contributed by atoms with van der Waals surface area (Å²) in [6, 6.07) is 18.3. The van der Waals surface area contributed by atoms with E-state index in [0.717, 1.165) is 28.3 Å². The molecule has 0 aliphatic carbocycles. The molecule has 1 aliphatic rings. The Balaban J connectivity index is 1.89. The third-order valence-corrected chi connectivity index (χ3v) is 7.84. The van der Waals surface area contributed by atoms with E-state index >= 15 is 0 Å². The number of hydrogen-bond acceptors (Lipinski definition) is 6. The lowest BCUT2D eigenvalue weighted by Crippen LogP contribution is -2.40. The van der Waals surface area contributed by atoms with Crippen molar-refractivity contribution in [1.29, 1.82) is 0 Å². The molecule has 1 atom stereocenters. The van der Waals surface area contributed by atoms with Crippen LogP contribution in [0.2, 0.25) is 5.02 Å². The number of allylic oxidation sites excluding steroid dienone is 1. The second-order valence-electron chi connectivity index (χ2n) is 8.84. The third-order valence-electron chi connectivity index (χ3n) is 6.51. The van der Waals surface area contributed by atoms with E-state index in [9.17, 15) is 9.59 Å². The minimum absolute atomic E-state index is 0.206. The Labute approximate surface area is 229 Å². The van der Waals surface area contributed by atoms with Crippen LogP contribution in [0.4, 0.5) is 0 Å². The molecule has 0 amide bonds. The molecule has 0 N–H and O–H groups in total. The van der Waals surface area contributed by atoms with Gasteiger partial charge in [-0.05, 0) is 47.9 Å². The number of carbonyl (C=O) groups is 1. The summed E-state index contributed by atoms with van der Waals surface area (Å²) in [5.74, 6) is 0.0917. The van der Waals surface area contributed by atoms with E-state index in [1.54, 1.807) is 30.7 Å². The van der Waals surface area contributed by atoms with Gasteiger partial charge >= 0.3 is 5.97 Å². The fraction of sp³-hybridized carbons (Fsp3) is 0.233. The largest absolute Gasteiger partial charge is 0.496 e. The quantitative estimate of drug-likeness (QED) is 0.291. The molecule has 3 aromatic carbocycles. The first-order valence-corrected chi connectivity index (χ1v) is 13.7. The Bertz CT molecular complexity index is 1750. The van der Waals surface area contributed by atoms with Gasteiger partial charge in [0.1, 0.15) is 11.8 Å². The number of benzene rings is 3. The Morgan fingerprint density at radius 2 is 1.87 bits per heavy atom. The normalized spacial score (nSPS) is 15.4. The molecule has 38 heavy (non-hydrogen) atoms. The van der Waals surface area contributed by atoms with Crippen molar-refractivity contribution in [2.45, 2.75) is 32.7 Å². The maximum atomic E-state index is 14.1. The second kappa shape index (κ2) is 11.0. The SMILES string of the molecule is CCCC1=C(C(=O)OCC)[C@H](c2c(OC)ccc3ccccc23)n2c(sc(=Cc3ccccc3Cl)c2=O)=N1. The number of methoxy groups -OCH3 is 1. The van der Waals surface area contributed by atoms with Gasteiger partial charge in [-0.1, -0.05) is 84.8 Å². The average Bonchev–Trinajstić information content (AvgIpc) is 3.23. The van der Waals surface area contributed by atoms with E-state index in [0.29, 0.717) is 37.8 Å². The molecule has 194 valence electrons. The molecule has 0 bridgehead atoms. The summed E-state index contributed by atoms with van der Waals surface area (Å²) in [4.78, 5) is 33.0. The van der Waals surface area contributed by atoms with Crippen molar-refractivity contribution in [3.8, 4) is 5.75 Å². The molecule has 4 aromatic rings. The lowest BCUT2D eigenvalue weighted by molar-refractivity contribution is -0.139. The predicted molar refractivity (Wildman–Crippen MR) is 152 cm³/mol. The minimum Gasteiger partial charge on any atom is -0.496 e. The standard InChI is InChI=1S/C30H27ClN2O4S/c1-4-10-22-26(29(35)37-5-2)27(25-20-13-8-6-11-18(20)15-16-23(25)36-3)33-28(34)24(38-30(33)32-22)17-19-12-7-9-14-21(19)31/h6-9,11-17,27H,4-5,10H2,1-3H3/t27-/m0/s1. The van der Waals surface area contributed by atoms with E-state index in [-0.39, 0.29) is 12.2 Å². The van der Waals surface area contributed by atoms with Crippen LogP contribution < -0.4 is 19.6 Å². The lowest BCUT2D eigenvalue weighted by atomic mass is 9.90. The highest BCUT2D eigenvalue weighted by molar-refractivity contribution is 7.07. The van der Waals surface area contributed by atoms with Crippen LogP contribution in [0.25, 0.3) is 16.8 Å². The first kappa shape index (κ1) is 25.9. The minimum atomic E-state index is -0.777. The van der Waals surface area contributed by atoms with E-state index < -0.39 is 12.0 Å². The smallest absolute Gasteiger partial charge is 0.338 e. The summed E-state index contributed by atoms with van der Waals surface area (Å²) in [5, 5.41) is 2.40. The number of hydrogen-bond donors (Lipinski definition) is 0. The summed E-state index contributed by atoms with van der Waals surface area (Å²) in [7, 11) is 1.59. The van der Waals surface area contributed by atoms with Gasteiger partial charge in [0.15, 0.2) is 4.80 Å². The third kappa shape index (κ3) is 4.57. The van der Waals surface area contributed by atoms with E-state index in [1.165, 1.54) is 11.3 Å². The maximum Gasteiger partial charge on any atom is 0.338 e. The number of halogens is 1. The number of thiazole rings is 1. The number of carbonyl (C=O) groups excluding carboxylic acids is 1. The van der Waals surface area contributed by atoms with E-state index in [4.69, 9.17) is 26.1 Å². The summed E-state index contributed by atoms with van der Waals surface area (Å²) in [5.41, 5.74) is 2.18. The maximum absolute atomic E-state index is 14.1. The molecular formula is C30H27ClN2O4S. The molecular weight excluding hydrogens is 520 g/mol. The van der Waals surface area contributed by atoms with Crippen LogP contribution in [0.5, 0.6) is 5.75 Å². The summed E-state index contributed by atoms with van der Waals surface area (Å²) >= 11 is 7.68. The number of aromatic nitrogens is 1. The number of ether oxygens (including phenoxy) is 2. The van der Waals surface area contributed by atoms with Crippen molar-refractivity contribution in [2.75, 3.05) is 13.7 Å². The van der Waals surface area contributed by atoms with Gasteiger partial charge in [0.25, 0.3) is 5.56 Å². The Kier molecular flexibility index (Phi) is 7.49. The molecule has 6 nitrogen and oxygen atoms in total. The van der Waals surface area contributed by atoms with Gasteiger partial charge in [-0.3, -0.25) is 9.36 Å². The van der Waals surface area contributed by atoms with E-state index in [1.807, 2.05) is 61.5 Å². The van der Waals surface area contributed by atoms with Gasteiger partial charge < -0.3 is 9.47 Å². The first-order valence-electron chi connectivity index (χ1n) is 12.5. The molecule has 0 radical (unpaired) electrons. The molecule has 0 saturated heterocycles. The van der Waals surface area contributed by atoms with Gasteiger partial charge in [-0.25, -0.2) is 9.79 Å². The van der Waals surface area contributed by atoms with Crippen molar-refractivity contribution >= 4 is 45.8 Å². The number of fused-ring (bicyclic) bond motifs is 2. The fourth-order valence-corrected chi connectivity index (χ4v) is 6.06. The first-order chi connectivity index (χ1) is 18.5. The molecule has 1 aliphatic heterocycles. The van der Waals surface area contributed by atoms with Crippen LogP contribution in [-0.4, -0.2) is 24.3 Å². The highest BCUT2D eigenvalue weighted by Gasteiger charge is 2.37. The number of nitrogens with zero attached hydrogens (tertiary/aromatic N) is 2. The molecule has 0 spiro atoms. The Morgan fingerprint density at radius 3 is 2.61 bits per heavy atom. The van der Waals surface area contributed by atoms with Crippen LogP contribution >= 0.6 is 22.9 Å². The summed E-state index contributed by atoms with van der Waals surface area (Å²) < 4.78 is 13.4. The second-order valence-corrected chi connectivity index (χ2v) is 10.3. The van der Waals surface area contributed by atoms with Crippen molar-refractivity contribution in [2.24, 2.45) is 4.99 Å². The zero-order valence-electron chi connectivity index (χ0n) is 21.4. The molecule has 1 aromatic heterocycles.